The predicted molar refractivity (Wildman–Crippen MR) is 88.4 cm³/mol. The minimum absolute atomic E-state index is 0.0549. The second-order valence-electron chi connectivity index (χ2n) is 5.30. The Morgan fingerprint density at radius 2 is 2.17 bits per heavy atom. The second-order valence-corrected chi connectivity index (χ2v) is 5.71. The van der Waals surface area contributed by atoms with Gasteiger partial charge in [-0.05, 0) is 31.2 Å². The summed E-state index contributed by atoms with van der Waals surface area (Å²) in [6.07, 6.45) is 2.25. The molecule has 1 atom stereocenters. The van der Waals surface area contributed by atoms with E-state index in [2.05, 4.69) is 15.5 Å². The molecule has 3 rings (SSSR count). The zero-order valence-corrected chi connectivity index (χ0v) is 13.3. The Bertz CT molecular complexity index is 796. The van der Waals surface area contributed by atoms with Crippen LogP contribution in [-0.2, 0) is 6.42 Å². The standard InChI is InChI=1S/C17H16ClN3O2/c1-11(9-12-5-4-8-23-12)19-17(22)16-10-15(20-21-16)13-6-2-3-7-14(13)18/h2-8,10-11H,9H2,1H3,(H,19,22)(H,20,21). The van der Waals surface area contributed by atoms with Crippen LogP contribution in [0.2, 0.25) is 5.02 Å². The highest BCUT2D eigenvalue weighted by molar-refractivity contribution is 6.33. The molecule has 1 amide bonds. The van der Waals surface area contributed by atoms with Crippen LogP contribution in [0.4, 0.5) is 0 Å². The van der Waals surface area contributed by atoms with Crippen molar-refractivity contribution in [2.45, 2.75) is 19.4 Å². The van der Waals surface area contributed by atoms with Gasteiger partial charge in [-0.15, -0.1) is 0 Å². The van der Waals surface area contributed by atoms with Gasteiger partial charge < -0.3 is 9.73 Å². The molecule has 0 aliphatic heterocycles. The van der Waals surface area contributed by atoms with Gasteiger partial charge in [-0.25, -0.2) is 0 Å². The minimum atomic E-state index is -0.213. The van der Waals surface area contributed by atoms with Crippen molar-refractivity contribution in [3.63, 3.8) is 0 Å². The van der Waals surface area contributed by atoms with Crippen LogP contribution in [-0.4, -0.2) is 22.1 Å². The molecular weight excluding hydrogens is 314 g/mol. The van der Waals surface area contributed by atoms with Gasteiger partial charge in [0.2, 0.25) is 0 Å². The molecule has 0 aliphatic carbocycles. The van der Waals surface area contributed by atoms with Crippen LogP contribution < -0.4 is 5.32 Å². The van der Waals surface area contributed by atoms with E-state index in [9.17, 15) is 4.79 Å². The van der Waals surface area contributed by atoms with E-state index in [4.69, 9.17) is 16.0 Å². The molecule has 0 fully saturated rings. The normalized spacial score (nSPS) is 12.1. The van der Waals surface area contributed by atoms with Crippen LogP contribution in [0, 0.1) is 0 Å². The fraction of sp³-hybridized carbons (Fsp3) is 0.176. The second kappa shape index (κ2) is 6.71. The summed E-state index contributed by atoms with van der Waals surface area (Å²) in [5.41, 5.74) is 1.82. The summed E-state index contributed by atoms with van der Waals surface area (Å²) < 4.78 is 5.28. The summed E-state index contributed by atoms with van der Waals surface area (Å²) in [6.45, 7) is 1.92. The third-order valence-corrected chi connectivity index (χ3v) is 3.77. The van der Waals surface area contributed by atoms with Crippen molar-refractivity contribution < 1.29 is 9.21 Å². The van der Waals surface area contributed by atoms with Gasteiger partial charge in [-0.2, -0.15) is 5.10 Å². The average molecular weight is 330 g/mol. The number of carbonyl (C=O) groups excluding carboxylic acids is 1. The van der Waals surface area contributed by atoms with Crippen LogP contribution in [0.25, 0.3) is 11.3 Å². The maximum atomic E-state index is 12.3. The van der Waals surface area contributed by atoms with E-state index in [0.717, 1.165) is 11.3 Å². The number of hydrogen-bond acceptors (Lipinski definition) is 3. The number of rotatable bonds is 5. The molecule has 2 heterocycles. The number of H-pyrrole nitrogens is 1. The van der Waals surface area contributed by atoms with Crippen molar-refractivity contribution in [2.75, 3.05) is 0 Å². The molecule has 0 saturated carbocycles. The highest BCUT2D eigenvalue weighted by Gasteiger charge is 2.15. The Labute approximate surface area is 138 Å². The van der Waals surface area contributed by atoms with Crippen LogP contribution in [0.5, 0.6) is 0 Å². The Kier molecular flexibility index (Phi) is 4.48. The number of aromatic amines is 1. The molecule has 118 valence electrons. The lowest BCUT2D eigenvalue weighted by molar-refractivity contribution is 0.0934. The van der Waals surface area contributed by atoms with E-state index >= 15 is 0 Å². The number of halogens is 1. The fourth-order valence-electron chi connectivity index (χ4n) is 2.33. The van der Waals surface area contributed by atoms with Gasteiger partial charge in [0.1, 0.15) is 11.5 Å². The fourth-order valence-corrected chi connectivity index (χ4v) is 2.56. The lowest BCUT2D eigenvalue weighted by Crippen LogP contribution is -2.34. The third-order valence-electron chi connectivity index (χ3n) is 3.44. The smallest absolute Gasteiger partial charge is 0.269 e. The SMILES string of the molecule is CC(Cc1ccco1)NC(=O)c1cc(-c2ccccc2Cl)n[nH]1. The highest BCUT2D eigenvalue weighted by atomic mass is 35.5. The minimum Gasteiger partial charge on any atom is -0.469 e. The monoisotopic (exact) mass is 329 g/mol. The van der Waals surface area contributed by atoms with Crippen LogP contribution in [0.15, 0.2) is 53.1 Å². The molecule has 0 radical (unpaired) electrons. The van der Waals surface area contributed by atoms with Crippen LogP contribution >= 0.6 is 11.6 Å². The maximum Gasteiger partial charge on any atom is 0.269 e. The summed E-state index contributed by atoms with van der Waals surface area (Å²) in [5, 5.41) is 10.4. The van der Waals surface area contributed by atoms with Crippen molar-refractivity contribution in [3.05, 3.63) is 65.2 Å². The first-order valence-corrected chi connectivity index (χ1v) is 7.65. The maximum absolute atomic E-state index is 12.3. The topological polar surface area (TPSA) is 70.9 Å². The number of benzene rings is 1. The molecule has 1 unspecified atom stereocenters. The van der Waals surface area contributed by atoms with E-state index in [-0.39, 0.29) is 11.9 Å². The Morgan fingerprint density at radius 1 is 1.35 bits per heavy atom. The van der Waals surface area contributed by atoms with Crippen molar-refractivity contribution in [3.8, 4) is 11.3 Å². The summed E-state index contributed by atoms with van der Waals surface area (Å²) in [6, 6.07) is 12.7. The zero-order chi connectivity index (χ0) is 16.2. The Hall–Kier alpha value is -2.53. The predicted octanol–water partition coefficient (Wildman–Crippen LogP) is 3.68. The van der Waals surface area contributed by atoms with E-state index < -0.39 is 0 Å². The molecule has 0 bridgehead atoms. The summed E-state index contributed by atoms with van der Waals surface area (Å²) in [5.74, 6) is 0.619. The lowest BCUT2D eigenvalue weighted by Gasteiger charge is -2.11. The number of aromatic nitrogens is 2. The van der Waals surface area contributed by atoms with Gasteiger partial charge in [0.15, 0.2) is 0 Å². The van der Waals surface area contributed by atoms with Gasteiger partial charge in [0, 0.05) is 18.0 Å². The number of nitrogens with zero attached hydrogens (tertiary/aromatic N) is 1. The van der Waals surface area contributed by atoms with Crippen LogP contribution in [0.1, 0.15) is 23.2 Å². The summed E-state index contributed by atoms with van der Waals surface area (Å²) in [7, 11) is 0. The van der Waals surface area contributed by atoms with Gasteiger partial charge >= 0.3 is 0 Å². The molecule has 23 heavy (non-hydrogen) atoms. The largest absolute Gasteiger partial charge is 0.469 e. The molecule has 2 aromatic heterocycles. The van der Waals surface area contributed by atoms with Gasteiger partial charge in [-0.1, -0.05) is 29.8 Å². The molecule has 3 aromatic rings. The Balaban J connectivity index is 1.68. The van der Waals surface area contributed by atoms with Crippen molar-refractivity contribution in [1.29, 1.82) is 0 Å². The quantitative estimate of drug-likeness (QED) is 0.750. The van der Waals surface area contributed by atoms with Crippen molar-refractivity contribution >= 4 is 17.5 Å². The first-order valence-electron chi connectivity index (χ1n) is 7.27. The molecule has 0 saturated heterocycles. The van der Waals surface area contributed by atoms with Gasteiger partial charge in [0.05, 0.1) is 17.0 Å². The van der Waals surface area contributed by atoms with E-state index in [0.29, 0.717) is 22.8 Å². The summed E-state index contributed by atoms with van der Waals surface area (Å²) in [4.78, 5) is 12.3. The molecule has 0 spiro atoms. The molecule has 1 aromatic carbocycles. The number of amides is 1. The Morgan fingerprint density at radius 3 is 2.91 bits per heavy atom. The lowest BCUT2D eigenvalue weighted by atomic mass is 10.1. The molecular formula is C17H16ClN3O2. The summed E-state index contributed by atoms with van der Waals surface area (Å²) >= 11 is 6.15. The van der Waals surface area contributed by atoms with E-state index in [1.807, 2.05) is 37.3 Å². The molecule has 6 heteroatoms. The van der Waals surface area contributed by atoms with E-state index in [1.54, 1.807) is 18.4 Å². The molecule has 0 aliphatic rings. The average Bonchev–Trinajstić information content (AvgIpc) is 3.19. The third kappa shape index (κ3) is 3.63. The number of furan rings is 1. The number of nitrogens with one attached hydrogen (secondary N) is 2. The highest BCUT2D eigenvalue weighted by Crippen LogP contribution is 2.26. The zero-order valence-electron chi connectivity index (χ0n) is 12.5. The first-order chi connectivity index (χ1) is 11.1. The van der Waals surface area contributed by atoms with Crippen LogP contribution in [0.3, 0.4) is 0 Å². The van der Waals surface area contributed by atoms with Crippen molar-refractivity contribution in [1.82, 2.24) is 15.5 Å². The molecule has 5 nitrogen and oxygen atoms in total. The van der Waals surface area contributed by atoms with E-state index in [1.165, 1.54) is 0 Å². The number of hydrogen-bond donors (Lipinski definition) is 2. The van der Waals surface area contributed by atoms with Gasteiger partial charge in [-0.3, -0.25) is 9.89 Å². The van der Waals surface area contributed by atoms with Gasteiger partial charge in [0.25, 0.3) is 5.91 Å². The number of carbonyl (C=O) groups is 1. The molecule has 2 N–H and O–H groups in total. The van der Waals surface area contributed by atoms with Crippen molar-refractivity contribution in [2.24, 2.45) is 0 Å². The first kappa shape index (κ1) is 15.4.